The molecule has 0 radical (unpaired) electrons. The zero-order valence-corrected chi connectivity index (χ0v) is 27.8. The maximum absolute atomic E-state index is 14.3. The Morgan fingerprint density at radius 1 is 0.822 bits per heavy atom. The van der Waals surface area contributed by atoms with Crippen molar-refractivity contribution in [1.29, 1.82) is 0 Å². The van der Waals surface area contributed by atoms with Gasteiger partial charge in [-0.15, -0.1) is 0 Å². The molecule has 3 aliphatic carbocycles. The lowest BCUT2D eigenvalue weighted by molar-refractivity contribution is -0.147. The predicted octanol–water partition coefficient (Wildman–Crippen LogP) is 2.75. The number of amides is 5. The van der Waals surface area contributed by atoms with Crippen LogP contribution < -0.4 is 21.3 Å². The zero-order chi connectivity index (χ0) is 32.7. The van der Waals surface area contributed by atoms with Crippen LogP contribution in [0, 0.1) is 23.2 Å². The van der Waals surface area contributed by atoms with Gasteiger partial charge in [0, 0.05) is 31.0 Å². The van der Waals surface area contributed by atoms with E-state index in [1.165, 1.54) is 4.90 Å². The van der Waals surface area contributed by atoms with Crippen LogP contribution in [0.25, 0.3) is 0 Å². The van der Waals surface area contributed by atoms with Gasteiger partial charge >= 0.3 is 0 Å². The molecule has 11 nitrogen and oxygen atoms in total. The first-order valence-corrected chi connectivity index (χ1v) is 17.4. The van der Waals surface area contributed by atoms with Crippen LogP contribution >= 0.6 is 0 Å². The normalized spacial score (nSPS) is 23.6. The van der Waals surface area contributed by atoms with Gasteiger partial charge in [-0.25, -0.2) is 0 Å². The number of nitrogens with zero attached hydrogens (tertiary/aromatic N) is 1. The second-order valence-electron chi connectivity index (χ2n) is 14.9. The number of likely N-dealkylation sites (N-methyl/N-ethyl adjacent to an activating group) is 1. The molecule has 0 aromatic rings. The van der Waals surface area contributed by atoms with Crippen LogP contribution in [0.5, 0.6) is 0 Å². The fourth-order valence-electron chi connectivity index (χ4n) is 7.34. The molecule has 45 heavy (non-hydrogen) atoms. The number of ketones is 1. The van der Waals surface area contributed by atoms with E-state index in [9.17, 15) is 28.8 Å². The lowest BCUT2D eigenvalue weighted by Gasteiger charge is -2.38. The van der Waals surface area contributed by atoms with Gasteiger partial charge in [0.1, 0.15) is 12.1 Å². The fraction of sp³-hybridized carbons (Fsp3) is 0.824. The van der Waals surface area contributed by atoms with Crippen LogP contribution in [0.2, 0.25) is 0 Å². The van der Waals surface area contributed by atoms with Crippen molar-refractivity contribution in [2.45, 2.75) is 141 Å². The predicted molar refractivity (Wildman–Crippen MR) is 170 cm³/mol. The summed E-state index contributed by atoms with van der Waals surface area (Å²) < 4.78 is 0. The number of Topliss-reactive ketones (excluding diaryl/α,β-unsaturated/α-hetero) is 1. The summed E-state index contributed by atoms with van der Waals surface area (Å²) >= 11 is 0. The van der Waals surface area contributed by atoms with E-state index in [0.29, 0.717) is 13.0 Å². The van der Waals surface area contributed by atoms with Gasteiger partial charge < -0.3 is 26.2 Å². The van der Waals surface area contributed by atoms with Crippen molar-refractivity contribution < 1.29 is 28.8 Å². The smallest absolute Gasteiger partial charge is 0.289 e. The number of carbonyl (C=O) groups is 6. The first kappa shape index (κ1) is 34.9. The van der Waals surface area contributed by atoms with E-state index in [1.807, 2.05) is 20.8 Å². The van der Waals surface area contributed by atoms with Crippen molar-refractivity contribution >= 4 is 35.3 Å². The first-order valence-electron chi connectivity index (χ1n) is 17.4. The van der Waals surface area contributed by atoms with Crippen molar-refractivity contribution in [1.82, 2.24) is 26.2 Å². The fourth-order valence-corrected chi connectivity index (χ4v) is 7.34. The van der Waals surface area contributed by atoms with Crippen molar-refractivity contribution in [3.05, 3.63) is 0 Å². The Hall–Kier alpha value is -2.98. The van der Waals surface area contributed by atoms with E-state index < -0.39 is 47.1 Å². The van der Waals surface area contributed by atoms with Crippen LogP contribution in [0.4, 0.5) is 0 Å². The third-order valence-electron chi connectivity index (χ3n) is 10.5. The van der Waals surface area contributed by atoms with E-state index in [0.717, 1.165) is 83.5 Å². The third-order valence-corrected chi connectivity index (χ3v) is 10.5. The quantitative estimate of drug-likeness (QED) is 0.244. The molecule has 4 aliphatic rings. The van der Waals surface area contributed by atoms with Crippen LogP contribution in [0.15, 0.2) is 0 Å². The van der Waals surface area contributed by atoms with E-state index >= 15 is 0 Å². The topological polar surface area (TPSA) is 154 Å². The van der Waals surface area contributed by atoms with E-state index in [1.54, 1.807) is 7.05 Å². The highest BCUT2D eigenvalue weighted by molar-refractivity contribution is 6.38. The molecule has 5 amide bonds. The molecule has 0 unspecified atom stereocenters. The second kappa shape index (κ2) is 15.5. The van der Waals surface area contributed by atoms with Crippen LogP contribution in [0.1, 0.15) is 117 Å². The first-order chi connectivity index (χ1) is 21.4. The Bertz CT molecular complexity index is 1100. The Balaban J connectivity index is 1.57. The van der Waals surface area contributed by atoms with Gasteiger partial charge in [-0.1, -0.05) is 52.9 Å². The summed E-state index contributed by atoms with van der Waals surface area (Å²) in [7, 11) is 1.62. The van der Waals surface area contributed by atoms with E-state index in [2.05, 4.69) is 21.3 Å². The minimum absolute atomic E-state index is 0.0237. The third kappa shape index (κ3) is 9.06. The summed E-state index contributed by atoms with van der Waals surface area (Å²) in [6.07, 6.45) is 12.0. The van der Waals surface area contributed by atoms with Crippen molar-refractivity contribution in [2.24, 2.45) is 23.2 Å². The molecule has 0 spiro atoms. The highest BCUT2D eigenvalue weighted by Gasteiger charge is 2.43. The molecular formula is C34H55N5O6. The maximum atomic E-state index is 14.3. The molecule has 1 saturated heterocycles. The summed E-state index contributed by atoms with van der Waals surface area (Å²) in [5, 5.41) is 11.5. The number of piperidine rings is 1. The highest BCUT2D eigenvalue weighted by atomic mass is 16.2. The highest BCUT2D eigenvalue weighted by Crippen LogP contribution is 2.33. The van der Waals surface area contributed by atoms with Gasteiger partial charge in [-0.3, -0.25) is 28.8 Å². The standard InChI is InChI=1S/C34H55N5O6/c1-34(2,3)33(45)38-26(21-12-6-5-7-13-21)32(44)39(4)27(22-14-8-9-15-22)30(42)37-25(20-23-16-11-19-35-29(23)41)28(40)31(43)36-24-17-10-18-24/h21-27H,5-20H2,1-4H3,(H,35,41)(H,36,43)(H,37,42)(H,38,45)/t23-,25-,26+,27-/m0/s1. The lowest BCUT2D eigenvalue weighted by Crippen LogP contribution is -2.61. The Morgan fingerprint density at radius 2 is 1.44 bits per heavy atom. The van der Waals surface area contributed by atoms with Gasteiger partial charge in [0.25, 0.3) is 5.91 Å². The van der Waals surface area contributed by atoms with Gasteiger partial charge in [-0.2, -0.15) is 0 Å². The summed E-state index contributed by atoms with van der Waals surface area (Å²) in [5.74, 6) is -3.35. The molecule has 1 aliphatic heterocycles. The molecule has 11 heteroatoms. The molecule has 252 valence electrons. The van der Waals surface area contributed by atoms with Crippen LogP contribution in [-0.4, -0.2) is 78.0 Å². The minimum atomic E-state index is -1.19. The molecule has 4 rings (SSSR count). The average Bonchev–Trinajstić information content (AvgIpc) is 3.52. The van der Waals surface area contributed by atoms with Gasteiger partial charge in [0.2, 0.25) is 29.4 Å². The Kier molecular flexibility index (Phi) is 12.0. The van der Waals surface area contributed by atoms with E-state index in [4.69, 9.17) is 0 Å². The molecule has 1 heterocycles. The summed E-state index contributed by atoms with van der Waals surface area (Å²) in [6, 6.07) is -2.86. The molecule has 4 fully saturated rings. The lowest BCUT2D eigenvalue weighted by atomic mass is 9.82. The van der Waals surface area contributed by atoms with Crippen LogP contribution in [-0.2, 0) is 28.8 Å². The molecule has 0 bridgehead atoms. The average molecular weight is 630 g/mol. The monoisotopic (exact) mass is 629 g/mol. The van der Waals surface area contributed by atoms with Crippen LogP contribution in [0.3, 0.4) is 0 Å². The molecule has 4 N–H and O–H groups in total. The molecule has 0 aromatic carbocycles. The van der Waals surface area contributed by atoms with Crippen molar-refractivity contribution in [3.63, 3.8) is 0 Å². The largest absolute Gasteiger partial charge is 0.356 e. The second-order valence-corrected chi connectivity index (χ2v) is 14.9. The molecule has 3 saturated carbocycles. The number of rotatable bonds is 12. The molecule has 0 aromatic heterocycles. The summed E-state index contributed by atoms with van der Waals surface area (Å²) in [4.78, 5) is 82.3. The Labute approximate surface area is 268 Å². The summed E-state index contributed by atoms with van der Waals surface area (Å²) in [5.41, 5.74) is -0.687. The zero-order valence-electron chi connectivity index (χ0n) is 27.8. The maximum Gasteiger partial charge on any atom is 0.289 e. The van der Waals surface area contributed by atoms with Gasteiger partial charge in [0.05, 0.1) is 6.04 Å². The SMILES string of the molecule is CN(C(=O)[C@H](NC(=O)C(C)(C)C)C1CCCCC1)[C@H](C(=O)N[C@@H](C[C@@H]1CCCNC1=O)C(=O)C(=O)NC1CCC1)C1CCCC1. The number of carbonyl (C=O) groups excluding carboxylic acids is 6. The number of hydrogen-bond donors (Lipinski definition) is 4. The van der Waals surface area contributed by atoms with Crippen molar-refractivity contribution in [2.75, 3.05) is 13.6 Å². The van der Waals surface area contributed by atoms with Gasteiger partial charge in [-0.05, 0) is 76.0 Å². The number of nitrogens with one attached hydrogen (secondary N) is 4. The Morgan fingerprint density at radius 3 is 2.02 bits per heavy atom. The minimum Gasteiger partial charge on any atom is -0.356 e. The molecular weight excluding hydrogens is 574 g/mol. The number of hydrogen-bond acceptors (Lipinski definition) is 6. The van der Waals surface area contributed by atoms with E-state index in [-0.39, 0.29) is 42.0 Å². The summed E-state index contributed by atoms with van der Waals surface area (Å²) in [6.45, 7) is 6.00. The molecule has 4 atom stereocenters. The van der Waals surface area contributed by atoms with Crippen molar-refractivity contribution in [3.8, 4) is 0 Å². The van der Waals surface area contributed by atoms with Gasteiger partial charge in [0.15, 0.2) is 0 Å².